The smallest absolute Gasteiger partial charge is 0.294 e. The highest BCUT2D eigenvalue weighted by Crippen LogP contribution is 2.37. The standard InChI is InChI=1S/C29H22BrF3N2O5S/c1-3-4-18-11-17(12-22(39-2)27(18)40-15-16-5-7-19(30)8-6-16)13-23-28(37)35(29(38)41-23)14-24(36)34-21-10-9-20(31)25(32)26(21)33/h3,5-13H,1,4,14-15H2,2H3,(H,34,36)/b23-13-. The van der Waals surface area contributed by atoms with Crippen molar-refractivity contribution in [2.45, 2.75) is 13.0 Å². The molecule has 4 rings (SSSR count). The van der Waals surface area contributed by atoms with Crippen molar-refractivity contribution in [1.82, 2.24) is 4.90 Å². The van der Waals surface area contributed by atoms with E-state index in [4.69, 9.17) is 9.47 Å². The highest BCUT2D eigenvalue weighted by molar-refractivity contribution is 9.10. The van der Waals surface area contributed by atoms with Gasteiger partial charge in [-0.1, -0.05) is 34.1 Å². The maximum atomic E-state index is 13.9. The molecular formula is C29H22BrF3N2O5S. The highest BCUT2D eigenvalue weighted by atomic mass is 79.9. The van der Waals surface area contributed by atoms with E-state index in [1.54, 1.807) is 18.2 Å². The number of ether oxygens (including phenoxy) is 2. The number of hydrogen-bond acceptors (Lipinski definition) is 6. The minimum Gasteiger partial charge on any atom is -0.493 e. The average molecular weight is 647 g/mol. The van der Waals surface area contributed by atoms with Crippen LogP contribution in [0, 0.1) is 17.5 Å². The second-order valence-electron chi connectivity index (χ2n) is 8.66. The summed E-state index contributed by atoms with van der Waals surface area (Å²) in [6, 6.07) is 12.5. The molecule has 0 bridgehead atoms. The van der Waals surface area contributed by atoms with Crippen molar-refractivity contribution >= 4 is 56.5 Å². The Labute approximate surface area is 246 Å². The zero-order chi connectivity index (χ0) is 29.7. The molecule has 0 spiro atoms. The number of thioether (sulfide) groups is 1. The molecule has 0 aromatic heterocycles. The lowest BCUT2D eigenvalue weighted by molar-refractivity contribution is -0.127. The highest BCUT2D eigenvalue weighted by Gasteiger charge is 2.36. The van der Waals surface area contributed by atoms with Gasteiger partial charge in [-0.3, -0.25) is 19.3 Å². The zero-order valence-corrected chi connectivity index (χ0v) is 23.9. The molecule has 0 unspecified atom stereocenters. The van der Waals surface area contributed by atoms with Gasteiger partial charge in [0.15, 0.2) is 29.0 Å². The summed E-state index contributed by atoms with van der Waals surface area (Å²) in [5.41, 5.74) is 1.58. The Hall–Kier alpha value is -4.03. The van der Waals surface area contributed by atoms with Crippen molar-refractivity contribution < 1.29 is 37.0 Å². The van der Waals surface area contributed by atoms with Crippen LogP contribution in [0.3, 0.4) is 0 Å². The van der Waals surface area contributed by atoms with E-state index in [9.17, 15) is 27.6 Å². The molecule has 1 fully saturated rings. The Morgan fingerprint density at radius 1 is 1.10 bits per heavy atom. The maximum Gasteiger partial charge on any atom is 0.294 e. The SMILES string of the molecule is C=CCc1cc(/C=C2\SC(=O)N(CC(=O)Nc3ccc(F)c(F)c3F)C2=O)cc(OC)c1OCc1ccc(Br)cc1. The third-order valence-electron chi connectivity index (χ3n) is 5.82. The van der Waals surface area contributed by atoms with Crippen molar-refractivity contribution in [3.63, 3.8) is 0 Å². The molecule has 1 saturated heterocycles. The Bertz CT molecular complexity index is 1560. The Balaban J connectivity index is 1.52. The molecule has 1 N–H and O–H groups in total. The van der Waals surface area contributed by atoms with Gasteiger partial charge in [0.1, 0.15) is 13.2 Å². The second kappa shape index (κ2) is 13.1. The maximum absolute atomic E-state index is 13.9. The lowest BCUT2D eigenvalue weighted by atomic mass is 10.0. The van der Waals surface area contributed by atoms with Gasteiger partial charge in [0.05, 0.1) is 17.7 Å². The number of carbonyl (C=O) groups excluding carboxylic acids is 3. The third kappa shape index (κ3) is 7.01. The summed E-state index contributed by atoms with van der Waals surface area (Å²) in [6.45, 7) is 3.31. The van der Waals surface area contributed by atoms with E-state index in [0.29, 0.717) is 46.2 Å². The van der Waals surface area contributed by atoms with Crippen molar-refractivity contribution in [3.8, 4) is 11.5 Å². The van der Waals surface area contributed by atoms with Gasteiger partial charge in [-0.25, -0.2) is 13.2 Å². The number of hydrogen-bond donors (Lipinski definition) is 1. The number of amides is 3. The van der Waals surface area contributed by atoms with Crippen LogP contribution in [0.5, 0.6) is 11.5 Å². The van der Waals surface area contributed by atoms with E-state index < -0.39 is 46.7 Å². The predicted molar refractivity (Wildman–Crippen MR) is 153 cm³/mol. The number of allylic oxidation sites excluding steroid dienone is 1. The molecule has 1 aliphatic heterocycles. The lowest BCUT2D eigenvalue weighted by Crippen LogP contribution is -2.36. The molecule has 1 heterocycles. The van der Waals surface area contributed by atoms with E-state index in [0.717, 1.165) is 21.7 Å². The fourth-order valence-corrected chi connectivity index (χ4v) is 4.97. The molecule has 0 aliphatic carbocycles. The van der Waals surface area contributed by atoms with Crippen LogP contribution >= 0.6 is 27.7 Å². The average Bonchev–Trinajstić information content (AvgIpc) is 3.20. The molecule has 3 aromatic rings. The largest absolute Gasteiger partial charge is 0.493 e. The van der Waals surface area contributed by atoms with Crippen LogP contribution in [0.15, 0.2) is 70.6 Å². The number of halogens is 4. The van der Waals surface area contributed by atoms with Crippen molar-refractivity contribution in [1.29, 1.82) is 0 Å². The Morgan fingerprint density at radius 3 is 2.51 bits per heavy atom. The molecule has 7 nitrogen and oxygen atoms in total. The lowest BCUT2D eigenvalue weighted by Gasteiger charge is -2.16. The van der Waals surface area contributed by atoms with Crippen molar-refractivity contribution in [2.75, 3.05) is 19.0 Å². The first-order chi connectivity index (χ1) is 19.6. The first-order valence-corrected chi connectivity index (χ1v) is 13.6. The number of imide groups is 1. The summed E-state index contributed by atoms with van der Waals surface area (Å²) >= 11 is 4.02. The second-order valence-corrected chi connectivity index (χ2v) is 10.6. The van der Waals surface area contributed by atoms with Crippen LogP contribution in [0.2, 0.25) is 0 Å². The summed E-state index contributed by atoms with van der Waals surface area (Å²) in [5, 5.41) is 1.32. The van der Waals surface area contributed by atoms with E-state index in [1.807, 2.05) is 29.6 Å². The molecule has 3 amide bonds. The van der Waals surface area contributed by atoms with Crippen LogP contribution in [0.4, 0.5) is 23.7 Å². The van der Waals surface area contributed by atoms with Crippen molar-refractivity contribution in [3.05, 3.63) is 105 Å². The summed E-state index contributed by atoms with van der Waals surface area (Å²) in [7, 11) is 1.48. The van der Waals surface area contributed by atoms with Crippen molar-refractivity contribution in [2.24, 2.45) is 0 Å². The number of nitrogens with one attached hydrogen (secondary N) is 1. The third-order valence-corrected chi connectivity index (χ3v) is 7.25. The van der Waals surface area contributed by atoms with Gasteiger partial charge >= 0.3 is 0 Å². The normalized spacial score (nSPS) is 14.0. The minimum absolute atomic E-state index is 0.0388. The van der Waals surface area contributed by atoms with Gasteiger partial charge in [-0.05, 0) is 71.8 Å². The first kappa shape index (κ1) is 29.9. The van der Waals surface area contributed by atoms with Crippen LogP contribution in [0.1, 0.15) is 16.7 Å². The van der Waals surface area contributed by atoms with Gasteiger partial charge in [0.25, 0.3) is 11.1 Å². The van der Waals surface area contributed by atoms with Crippen LogP contribution < -0.4 is 14.8 Å². The number of nitrogens with zero attached hydrogens (tertiary/aromatic N) is 1. The number of benzene rings is 3. The number of anilines is 1. The number of methoxy groups -OCH3 is 1. The molecule has 3 aromatic carbocycles. The van der Waals surface area contributed by atoms with Gasteiger partial charge in [0.2, 0.25) is 5.91 Å². The first-order valence-electron chi connectivity index (χ1n) is 12.0. The molecule has 212 valence electrons. The molecule has 1 aliphatic rings. The van der Waals surface area contributed by atoms with E-state index in [2.05, 4.69) is 22.5 Å². The monoisotopic (exact) mass is 646 g/mol. The molecule has 41 heavy (non-hydrogen) atoms. The fourth-order valence-electron chi connectivity index (χ4n) is 3.87. The molecule has 0 saturated carbocycles. The van der Waals surface area contributed by atoms with E-state index >= 15 is 0 Å². The molecule has 12 heteroatoms. The van der Waals surface area contributed by atoms with Gasteiger partial charge in [-0.15, -0.1) is 6.58 Å². The molecular weight excluding hydrogens is 625 g/mol. The van der Waals surface area contributed by atoms with E-state index in [-0.39, 0.29) is 11.5 Å². The Morgan fingerprint density at radius 2 is 1.83 bits per heavy atom. The van der Waals surface area contributed by atoms with Crippen LogP contribution in [-0.4, -0.2) is 35.6 Å². The molecule has 0 atom stereocenters. The van der Waals surface area contributed by atoms with Crippen LogP contribution in [0.25, 0.3) is 6.08 Å². The number of rotatable bonds is 10. The Kier molecular flexibility index (Phi) is 9.56. The summed E-state index contributed by atoms with van der Waals surface area (Å²) in [4.78, 5) is 38.6. The fraction of sp³-hybridized carbons (Fsp3) is 0.138. The summed E-state index contributed by atoms with van der Waals surface area (Å²) < 4.78 is 53.1. The zero-order valence-electron chi connectivity index (χ0n) is 21.5. The molecule has 0 radical (unpaired) electrons. The summed E-state index contributed by atoms with van der Waals surface area (Å²) in [5.74, 6) is -5.59. The van der Waals surface area contributed by atoms with Gasteiger partial charge < -0.3 is 14.8 Å². The van der Waals surface area contributed by atoms with Crippen LogP contribution in [-0.2, 0) is 22.6 Å². The summed E-state index contributed by atoms with van der Waals surface area (Å²) in [6.07, 6.45) is 3.59. The topological polar surface area (TPSA) is 84.9 Å². The quantitative estimate of drug-likeness (QED) is 0.147. The van der Waals surface area contributed by atoms with Gasteiger partial charge in [-0.2, -0.15) is 0 Å². The minimum atomic E-state index is -1.76. The number of carbonyl (C=O) groups is 3. The predicted octanol–water partition coefficient (Wildman–Crippen LogP) is 6.86. The van der Waals surface area contributed by atoms with Gasteiger partial charge in [0, 0.05) is 10.0 Å². The van der Waals surface area contributed by atoms with E-state index in [1.165, 1.54) is 13.2 Å².